The average Bonchev–Trinajstić information content (AvgIpc) is 2.83. The van der Waals surface area contributed by atoms with Crippen molar-refractivity contribution in [3.05, 3.63) is 40.2 Å². The molecule has 0 radical (unpaired) electrons. The molecule has 0 spiro atoms. The van der Waals surface area contributed by atoms with E-state index in [0.717, 1.165) is 10.9 Å². The molecular weight excluding hydrogens is 248 g/mol. The minimum atomic E-state index is -1.33. The Kier molecular flexibility index (Phi) is 2.62. The van der Waals surface area contributed by atoms with Crippen molar-refractivity contribution in [1.82, 2.24) is 0 Å². The smallest absolute Gasteiger partial charge is 0.336 e. The molecule has 1 aliphatic heterocycles. The summed E-state index contributed by atoms with van der Waals surface area (Å²) in [4.78, 5) is 11.3. The molecule has 0 amide bonds. The number of aliphatic hydroxyl groups excluding tert-OH is 1. The number of rotatable bonds is 2. The number of hydrogen-bond acceptors (Lipinski definition) is 5. The molecule has 0 fully saturated rings. The molecule has 1 aromatic heterocycles. The molecule has 5 nitrogen and oxygen atoms in total. The monoisotopic (exact) mass is 262 g/mol. The minimum Gasteiger partial charge on any atom is -0.487 e. The number of hydrogen-bond donors (Lipinski definition) is 2. The second-order valence-corrected chi connectivity index (χ2v) is 5.04. The fourth-order valence-electron chi connectivity index (χ4n) is 2.30. The third-order valence-corrected chi connectivity index (χ3v) is 3.52. The molecule has 2 aromatic rings. The van der Waals surface area contributed by atoms with E-state index in [1.165, 1.54) is 13.0 Å². The SMILES string of the molecule is C[C@](O)(CO)[C@@H]1Cc2c(ccc3ccc(=O)oc23)O1. The molecule has 19 heavy (non-hydrogen) atoms. The van der Waals surface area contributed by atoms with E-state index in [-0.39, 0.29) is 0 Å². The van der Waals surface area contributed by atoms with E-state index in [0.29, 0.717) is 17.8 Å². The van der Waals surface area contributed by atoms with Gasteiger partial charge in [-0.25, -0.2) is 4.79 Å². The van der Waals surface area contributed by atoms with Crippen molar-refractivity contribution >= 4 is 11.0 Å². The van der Waals surface area contributed by atoms with Gasteiger partial charge in [-0.1, -0.05) is 0 Å². The molecule has 0 aliphatic carbocycles. The second kappa shape index (κ2) is 4.08. The van der Waals surface area contributed by atoms with Crippen LogP contribution in [0, 0.1) is 0 Å². The third-order valence-electron chi connectivity index (χ3n) is 3.52. The van der Waals surface area contributed by atoms with Crippen LogP contribution in [0.15, 0.2) is 33.5 Å². The fourth-order valence-corrected chi connectivity index (χ4v) is 2.30. The third kappa shape index (κ3) is 1.91. The standard InChI is InChI=1S/C14H14O5/c1-14(17,7-15)11-6-9-10(18-11)4-2-8-3-5-12(16)19-13(8)9/h2-5,11,15,17H,6-7H2,1H3/t11-,14-/m0/s1. The first-order valence-electron chi connectivity index (χ1n) is 6.07. The summed E-state index contributed by atoms with van der Waals surface area (Å²) in [5.41, 5.74) is -0.506. The number of aliphatic hydroxyl groups is 2. The molecule has 1 aromatic carbocycles. The van der Waals surface area contributed by atoms with Gasteiger partial charge in [0.05, 0.1) is 6.61 Å². The summed E-state index contributed by atoms with van der Waals surface area (Å²) in [5.74, 6) is 0.584. The lowest BCUT2D eigenvalue weighted by atomic mass is 9.95. The van der Waals surface area contributed by atoms with Gasteiger partial charge >= 0.3 is 5.63 Å². The van der Waals surface area contributed by atoms with Crippen LogP contribution in [0.3, 0.4) is 0 Å². The lowest BCUT2D eigenvalue weighted by molar-refractivity contribution is -0.0729. The Morgan fingerprint density at radius 1 is 1.37 bits per heavy atom. The second-order valence-electron chi connectivity index (χ2n) is 5.04. The van der Waals surface area contributed by atoms with Crippen molar-refractivity contribution in [3.63, 3.8) is 0 Å². The van der Waals surface area contributed by atoms with E-state index in [9.17, 15) is 15.0 Å². The van der Waals surface area contributed by atoms with Gasteiger partial charge < -0.3 is 19.4 Å². The molecule has 0 saturated heterocycles. The molecular formula is C14H14O5. The van der Waals surface area contributed by atoms with Gasteiger partial charge in [-0.3, -0.25) is 0 Å². The zero-order valence-corrected chi connectivity index (χ0v) is 10.4. The molecule has 0 saturated carbocycles. The number of fused-ring (bicyclic) bond motifs is 3. The zero-order chi connectivity index (χ0) is 13.6. The van der Waals surface area contributed by atoms with Crippen molar-refractivity contribution < 1.29 is 19.4 Å². The molecule has 2 heterocycles. The maximum atomic E-state index is 11.3. The largest absolute Gasteiger partial charge is 0.487 e. The molecule has 100 valence electrons. The Labute approximate surface area is 109 Å². The van der Waals surface area contributed by atoms with Gasteiger partial charge in [0.25, 0.3) is 0 Å². The highest BCUT2D eigenvalue weighted by molar-refractivity contribution is 5.82. The van der Waals surface area contributed by atoms with Gasteiger partial charge in [-0.15, -0.1) is 0 Å². The van der Waals surface area contributed by atoms with E-state index in [1.807, 2.05) is 0 Å². The van der Waals surface area contributed by atoms with E-state index in [2.05, 4.69) is 0 Å². The summed E-state index contributed by atoms with van der Waals surface area (Å²) in [6.45, 7) is 1.12. The Morgan fingerprint density at radius 2 is 2.11 bits per heavy atom. The van der Waals surface area contributed by atoms with Crippen molar-refractivity contribution in [2.45, 2.75) is 25.0 Å². The van der Waals surface area contributed by atoms with E-state index in [4.69, 9.17) is 9.15 Å². The van der Waals surface area contributed by atoms with E-state index >= 15 is 0 Å². The summed E-state index contributed by atoms with van der Waals surface area (Å²) in [6, 6.07) is 6.64. The van der Waals surface area contributed by atoms with Gasteiger partial charge in [0.15, 0.2) is 0 Å². The van der Waals surface area contributed by atoms with Gasteiger partial charge in [-0.2, -0.15) is 0 Å². The normalized spacial score (nSPS) is 20.9. The van der Waals surface area contributed by atoms with Crippen molar-refractivity contribution in [1.29, 1.82) is 0 Å². The summed E-state index contributed by atoms with van der Waals surface area (Å²) in [7, 11) is 0. The zero-order valence-electron chi connectivity index (χ0n) is 10.4. The predicted molar refractivity (Wildman–Crippen MR) is 68.3 cm³/mol. The maximum Gasteiger partial charge on any atom is 0.336 e. The predicted octanol–water partition coefficient (Wildman–Crippen LogP) is 0.840. The molecule has 0 unspecified atom stereocenters. The van der Waals surface area contributed by atoms with Crippen molar-refractivity contribution in [2.24, 2.45) is 0 Å². The topological polar surface area (TPSA) is 79.9 Å². The first-order valence-corrected chi connectivity index (χ1v) is 6.07. The number of benzene rings is 1. The molecule has 3 rings (SSSR count). The molecule has 1 aliphatic rings. The van der Waals surface area contributed by atoms with Crippen LogP contribution < -0.4 is 10.4 Å². The minimum absolute atomic E-state index is 0.395. The van der Waals surface area contributed by atoms with Gasteiger partial charge in [0, 0.05) is 23.4 Å². The molecule has 5 heteroatoms. The van der Waals surface area contributed by atoms with E-state index in [1.54, 1.807) is 18.2 Å². The highest BCUT2D eigenvalue weighted by Crippen LogP contribution is 2.37. The van der Waals surface area contributed by atoms with Crippen LogP contribution >= 0.6 is 0 Å². The van der Waals surface area contributed by atoms with Gasteiger partial charge in [0.2, 0.25) is 0 Å². The Bertz CT molecular complexity index is 686. The Hall–Kier alpha value is -1.85. The maximum absolute atomic E-state index is 11.3. The Balaban J connectivity index is 2.10. The highest BCUT2D eigenvalue weighted by atomic mass is 16.5. The first-order chi connectivity index (χ1) is 9.01. The lowest BCUT2D eigenvalue weighted by Gasteiger charge is -2.26. The summed E-state index contributed by atoms with van der Waals surface area (Å²) >= 11 is 0. The van der Waals surface area contributed by atoms with Crippen LogP contribution in [0.25, 0.3) is 11.0 Å². The van der Waals surface area contributed by atoms with Crippen LogP contribution in [0.5, 0.6) is 5.75 Å². The van der Waals surface area contributed by atoms with Gasteiger partial charge in [0.1, 0.15) is 23.0 Å². The summed E-state index contributed by atoms with van der Waals surface area (Å²) < 4.78 is 10.9. The first kappa shape index (κ1) is 12.2. The molecule has 2 N–H and O–H groups in total. The van der Waals surface area contributed by atoms with Crippen LogP contribution in [-0.4, -0.2) is 28.5 Å². The van der Waals surface area contributed by atoms with Crippen LogP contribution in [-0.2, 0) is 6.42 Å². The average molecular weight is 262 g/mol. The number of ether oxygens (including phenoxy) is 1. The van der Waals surface area contributed by atoms with Crippen LogP contribution in [0.2, 0.25) is 0 Å². The molecule has 0 bridgehead atoms. The van der Waals surface area contributed by atoms with Crippen LogP contribution in [0.1, 0.15) is 12.5 Å². The Morgan fingerprint density at radius 3 is 2.84 bits per heavy atom. The molecule has 2 atom stereocenters. The lowest BCUT2D eigenvalue weighted by Crippen LogP contribution is -2.45. The summed E-state index contributed by atoms with van der Waals surface area (Å²) in [6.07, 6.45) is -0.156. The van der Waals surface area contributed by atoms with E-state index < -0.39 is 23.9 Å². The highest BCUT2D eigenvalue weighted by Gasteiger charge is 2.39. The fraction of sp³-hybridized carbons (Fsp3) is 0.357. The van der Waals surface area contributed by atoms with Gasteiger partial charge in [-0.05, 0) is 25.1 Å². The summed E-state index contributed by atoms with van der Waals surface area (Å²) in [5, 5.41) is 20.1. The quantitative estimate of drug-likeness (QED) is 0.784. The van der Waals surface area contributed by atoms with Crippen molar-refractivity contribution in [3.8, 4) is 5.75 Å². The van der Waals surface area contributed by atoms with Crippen LogP contribution in [0.4, 0.5) is 0 Å². The van der Waals surface area contributed by atoms with Crippen molar-refractivity contribution in [2.75, 3.05) is 6.61 Å².